The third-order valence-corrected chi connectivity index (χ3v) is 5.17. The van der Waals surface area contributed by atoms with E-state index in [1.54, 1.807) is 36.6 Å². The molecule has 31 heavy (non-hydrogen) atoms. The summed E-state index contributed by atoms with van der Waals surface area (Å²) < 4.78 is 52.2. The van der Waals surface area contributed by atoms with Crippen LogP contribution in [0.5, 0.6) is 0 Å². The number of rotatable bonds is 5. The van der Waals surface area contributed by atoms with Crippen molar-refractivity contribution in [3.63, 3.8) is 0 Å². The number of aromatic nitrogens is 2. The first-order chi connectivity index (χ1) is 14.7. The number of thioether (sulfide) groups is 1. The topological polar surface area (TPSA) is 70.4 Å². The Balaban J connectivity index is 2.43. The average molecular weight is 450 g/mol. The fourth-order valence-corrected chi connectivity index (χ4v) is 3.47. The number of carbonyl (C=O) groups is 2. The van der Waals surface area contributed by atoms with E-state index in [-0.39, 0.29) is 17.0 Å². The second kappa shape index (κ2) is 8.84. The Morgan fingerprint density at radius 1 is 1.00 bits per heavy atom. The molecule has 3 rings (SSSR count). The highest BCUT2D eigenvalue weighted by molar-refractivity contribution is 7.98. The summed E-state index contributed by atoms with van der Waals surface area (Å²) in [6.45, 7) is 0. The highest BCUT2D eigenvalue weighted by Crippen LogP contribution is 2.40. The van der Waals surface area contributed by atoms with Crippen LogP contribution in [0.1, 0.15) is 26.4 Å². The van der Waals surface area contributed by atoms with E-state index in [2.05, 4.69) is 5.10 Å². The number of ether oxygens (including phenoxy) is 2. The fraction of sp³-hybridized carbons (Fsp3) is 0.190. The number of nitrogens with zero attached hydrogens (tertiary/aromatic N) is 2. The van der Waals surface area contributed by atoms with E-state index in [1.165, 1.54) is 12.1 Å². The van der Waals surface area contributed by atoms with Crippen LogP contribution in [0, 0.1) is 0 Å². The maximum Gasteiger partial charge on any atom is 0.417 e. The van der Waals surface area contributed by atoms with Crippen molar-refractivity contribution in [1.29, 1.82) is 0 Å². The smallest absolute Gasteiger partial charge is 0.417 e. The van der Waals surface area contributed by atoms with E-state index in [9.17, 15) is 22.8 Å². The summed E-state index contributed by atoms with van der Waals surface area (Å²) in [6, 6.07) is 11.9. The van der Waals surface area contributed by atoms with E-state index in [4.69, 9.17) is 9.47 Å². The number of carbonyl (C=O) groups excluding carboxylic acids is 2. The van der Waals surface area contributed by atoms with Gasteiger partial charge in [-0.2, -0.15) is 18.3 Å². The van der Waals surface area contributed by atoms with Crippen LogP contribution in [0.25, 0.3) is 16.9 Å². The summed E-state index contributed by atoms with van der Waals surface area (Å²) in [5.41, 5.74) is -2.08. The standard InChI is InChI=1S/C21H17F3N2O4S/c1-29-19(27)16-17(14-10-9-13(31-3)11-15(14)21(22,23)24)25-26(18(16)20(28)30-2)12-7-5-4-6-8-12/h4-11H,1-3H3. The normalized spacial score (nSPS) is 11.3. The molecule has 3 aromatic rings. The zero-order valence-electron chi connectivity index (χ0n) is 16.7. The maximum atomic E-state index is 13.9. The molecule has 0 N–H and O–H groups in total. The number of hydrogen-bond acceptors (Lipinski definition) is 6. The van der Waals surface area contributed by atoms with Crippen LogP contribution in [0.4, 0.5) is 13.2 Å². The van der Waals surface area contributed by atoms with Gasteiger partial charge in [-0.25, -0.2) is 14.3 Å². The number of halogens is 3. The molecule has 0 fully saturated rings. The van der Waals surface area contributed by atoms with Crippen molar-refractivity contribution in [2.45, 2.75) is 11.1 Å². The van der Waals surface area contributed by atoms with Crippen LogP contribution in [-0.2, 0) is 15.7 Å². The molecular formula is C21H17F3N2O4S. The zero-order chi connectivity index (χ0) is 22.8. The molecule has 0 saturated heterocycles. The Morgan fingerprint density at radius 3 is 2.19 bits per heavy atom. The second-order valence-corrected chi connectivity index (χ2v) is 7.09. The number of benzene rings is 2. The monoisotopic (exact) mass is 450 g/mol. The van der Waals surface area contributed by atoms with Crippen LogP contribution in [0.2, 0.25) is 0 Å². The molecular weight excluding hydrogens is 433 g/mol. The first-order valence-corrected chi connectivity index (χ1v) is 10.1. The number of para-hydroxylation sites is 1. The van der Waals surface area contributed by atoms with Crippen LogP contribution >= 0.6 is 11.8 Å². The van der Waals surface area contributed by atoms with Gasteiger partial charge in [-0.15, -0.1) is 11.8 Å². The predicted octanol–water partition coefficient (Wildman–Crippen LogP) is 4.85. The predicted molar refractivity (Wildman–Crippen MR) is 108 cm³/mol. The Morgan fingerprint density at radius 2 is 1.65 bits per heavy atom. The highest BCUT2D eigenvalue weighted by atomic mass is 32.2. The van der Waals surface area contributed by atoms with E-state index in [0.29, 0.717) is 10.6 Å². The average Bonchev–Trinajstić information content (AvgIpc) is 3.18. The molecule has 6 nitrogen and oxygen atoms in total. The van der Waals surface area contributed by atoms with Gasteiger partial charge in [-0.3, -0.25) is 0 Å². The van der Waals surface area contributed by atoms with Gasteiger partial charge in [0, 0.05) is 10.5 Å². The summed E-state index contributed by atoms with van der Waals surface area (Å²) in [7, 11) is 2.16. The Kier molecular flexibility index (Phi) is 6.40. The number of methoxy groups -OCH3 is 2. The summed E-state index contributed by atoms with van der Waals surface area (Å²) in [5.74, 6) is -1.96. The van der Waals surface area contributed by atoms with Crippen molar-refractivity contribution in [3.8, 4) is 16.9 Å². The summed E-state index contributed by atoms with van der Waals surface area (Å²) in [4.78, 5) is 25.5. The minimum absolute atomic E-state index is 0.336. The molecule has 0 aliphatic heterocycles. The van der Waals surface area contributed by atoms with E-state index < -0.39 is 29.2 Å². The van der Waals surface area contributed by atoms with Crippen molar-refractivity contribution in [3.05, 3.63) is 65.4 Å². The molecule has 0 amide bonds. The zero-order valence-corrected chi connectivity index (χ0v) is 17.5. The number of alkyl halides is 3. The number of hydrogen-bond donors (Lipinski definition) is 0. The van der Waals surface area contributed by atoms with Gasteiger partial charge in [0.25, 0.3) is 0 Å². The molecule has 1 aromatic heterocycles. The lowest BCUT2D eigenvalue weighted by Crippen LogP contribution is -2.15. The minimum atomic E-state index is -4.73. The summed E-state index contributed by atoms with van der Waals surface area (Å²) in [6.07, 6.45) is -3.08. The highest BCUT2D eigenvalue weighted by Gasteiger charge is 2.38. The van der Waals surface area contributed by atoms with Gasteiger partial charge >= 0.3 is 18.1 Å². The lowest BCUT2D eigenvalue weighted by Gasteiger charge is -2.13. The van der Waals surface area contributed by atoms with Crippen LogP contribution < -0.4 is 0 Å². The first kappa shape index (κ1) is 22.4. The first-order valence-electron chi connectivity index (χ1n) is 8.83. The van der Waals surface area contributed by atoms with Gasteiger partial charge in [0.1, 0.15) is 11.3 Å². The van der Waals surface area contributed by atoms with Crippen molar-refractivity contribution < 1.29 is 32.2 Å². The lowest BCUT2D eigenvalue weighted by molar-refractivity contribution is -0.137. The third kappa shape index (κ3) is 4.29. The molecule has 2 aromatic carbocycles. The lowest BCUT2D eigenvalue weighted by atomic mass is 10.00. The molecule has 1 heterocycles. The third-order valence-electron chi connectivity index (χ3n) is 4.44. The van der Waals surface area contributed by atoms with Crippen LogP contribution in [0.3, 0.4) is 0 Å². The van der Waals surface area contributed by atoms with Gasteiger partial charge in [-0.1, -0.05) is 24.3 Å². The summed E-state index contributed by atoms with van der Waals surface area (Å²) >= 11 is 1.14. The van der Waals surface area contributed by atoms with E-state index in [1.807, 2.05) is 0 Å². The minimum Gasteiger partial charge on any atom is -0.465 e. The molecule has 0 spiro atoms. The quantitative estimate of drug-likeness (QED) is 0.409. The molecule has 0 aliphatic carbocycles. The summed E-state index contributed by atoms with van der Waals surface area (Å²) in [5, 5.41) is 4.23. The molecule has 0 atom stereocenters. The SMILES string of the molecule is COC(=O)c1c(-c2ccc(SC)cc2C(F)(F)F)nn(-c2ccccc2)c1C(=O)OC. The Hall–Kier alpha value is -3.27. The number of esters is 2. The Bertz CT molecular complexity index is 1130. The molecule has 162 valence electrons. The van der Waals surface area contributed by atoms with Crippen molar-refractivity contribution >= 4 is 23.7 Å². The fourth-order valence-electron chi connectivity index (χ4n) is 3.03. The molecule has 0 aliphatic rings. The molecule has 0 radical (unpaired) electrons. The molecule has 0 unspecified atom stereocenters. The van der Waals surface area contributed by atoms with Crippen molar-refractivity contribution in [1.82, 2.24) is 9.78 Å². The molecule has 0 bridgehead atoms. The van der Waals surface area contributed by atoms with E-state index in [0.717, 1.165) is 36.7 Å². The van der Waals surface area contributed by atoms with Crippen molar-refractivity contribution in [2.24, 2.45) is 0 Å². The van der Waals surface area contributed by atoms with E-state index >= 15 is 0 Å². The van der Waals surface area contributed by atoms with Gasteiger partial charge in [0.2, 0.25) is 0 Å². The van der Waals surface area contributed by atoms with Crippen LogP contribution in [0.15, 0.2) is 53.4 Å². The van der Waals surface area contributed by atoms with Crippen LogP contribution in [-0.4, -0.2) is 42.2 Å². The van der Waals surface area contributed by atoms with Gasteiger partial charge in [0.15, 0.2) is 5.69 Å². The largest absolute Gasteiger partial charge is 0.465 e. The van der Waals surface area contributed by atoms with Gasteiger partial charge in [-0.05, 0) is 30.5 Å². The Labute approximate surface area is 180 Å². The molecule has 0 saturated carbocycles. The molecule has 10 heteroatoms. The van der Waals surface area contributed by atoms with Gasteiger partial charge in [0.05, 0.1) is 25.5 Å². The maximum absolute atomic E-state index is 13.9. The second-order valence-electron chi connectivity index (χ2n) is 6.21. The van der Waals surface area contributed by atoms with Crippen molar-refractivity contribution in [2.75, 3.05) is 20.5 Å². The van der Waals surface area contributed by atoms with Gasteiger partial charge < -0.3 is 9.47 Å².